The summed E-state index contributed by atoms with van der Waals surface area (Å²) < 4.78 is 21.6. The number of Topliss-reactive ketones (excluding diaryl/α,β-unsaturated/α-hetero) is 1. The van der Waals surface area contributed by atoms with E-state index < -0.39 is 0 Å². The first-order valence-corrected chi connectivity index (χ1v) is 8.46. The summed E-state index contributed by atoms with van der Waals surface area (Å²) >= 11 is 0. The molecule has 24 heavy (non-hydrogen) atoms. The van der Waals surface area contributed by atoms with Crippen molar-refractivity contribution >= 4 is 5.78 Å². The van der Waals surface area contributed by atoms with E-state index in [1.165, 1.54) is 6.92 Å². The molecule has 0 fully saturated rings. The van der Waals surface area contributed by atoms with Gasteiger partial charge in [-0.25, -0.2) is 0 Å². The van der Waals surface area contributed by atoms with Crippen LogP contribution in [0.2, 0.25) is 0 Å². The lowest BCUT2D eigenvalue weighted by Gasteiger charge is -2.09. The fourth-order valence-corrected chi connectivity index (χ4v) is 1.58. The molecular formula is C18H31NO5. The molecule has 0 radical (unpaired) electrons. The third-order valence-electron chi connectivity index (χ3n) is 2.64. The van der Waals surface area contributed by atoms with E-state index in [2.05, 4.69) is 4.98 Å². The topological polar surface area (TPSA) is 66.9 Å². The maximum Gasteiger partial charge on any atom is 0.178 e. The van der Waals surface area contributed by atoms with Crippen LogP contribution in [-0.4, -0.2) is 56.5 Å². The molecule has 0 atom stereocenters. The molecule has 0 aliphatic heterocycles. The van der Waals surface area contributed by atoms with Gasteiger partial charge >= 0.3 is 0 Å². The van der Waals surface area contributed by atoms with E-state index >= 15 is 0 Å². The minimum atomic E-state index is -0.0831. The zero-order valence-electron chi connectivity index (χ0n) is 15.5. The molecule has 0 aromatic carbocycles. The Balaban J connectivity index is 0.00000254. The van der Waals surface area contributed by atoms with Gasteiger partial charge < -0.3 is 18.9 Å². The molecule has 0 amide bonds. The van der Waals surface area contributed by atoms with Crippen LogP contribution in [0, 0.1) is 0 Å². The van der Waals surface area contributed by atoms with Crippen molar-refractivity contribution in [2.75, 3.05) is 39.6 Å². The second-order valence-corrected chi connectivity index (χ2v) is 4.93. The summed E-state index contributed by atoms with van der Waals surface area (Å²) in [5.74, 6) is 0.533. The molecule has 0 spiro atoms. The van der Waals surface area contributed by atoms with E-state index in [1.54, 1.807) is 18.3 Å². The summed E-state index contributed by atoms with van der Waals surface area (Å²) in [5.41, 5.74) is 0.399. The molecule has 6 nitrogen and oxygen atoms in total. The third-order valence-corrected chi connectivity index (χ3v) is 2.64. The number of hydrogen-bond donors (Lipinski definition) is 0. The molecule has 1 heterocycles. The van der Waals surface area contributed by atoms with Crippen molar-refractivity contribution in [2.24, 2.45) is 0 Å². The van der Waals surface area contributed by atoms with E-state index in [4.69, 9.17) is 18.9 Å². The average Bonchev–Trinajstić information content (AvgIpc) is 2.58. The van der Waals surface area contributed by atoms with Crippen LogP contribution in [0.15, 0.2) is 18.3 Å². The minimum Gasteiger partial charge on any atom is -0.491 e. The van der Waals surface area contributed by atoms with Gasteiger partial charge in [0.25, 0.3) is 0 Å². The summed E-state index contributed by atoms with van der Waals surface area (Å²) in [6, 6.07) is 3.34. The van der Waals surface area contributed by atoms with E-state index in [1.807, 2.05) is 27.7 Å². The number of pyridine rings is 1. The Morgan fingerprint density at radius 2 is 1.62 bits per heavy atom. The first kappa shape index (κ1) is 22.5. The fourth-order valence-electron chi connectivity index (χ4n) is 1.58. The lowest BCUT2D eigenvalue weighted by Crippen LogP contribution is -2.14. The molecule has 0 saturated carbocycles. The molecule has 0 aliphatic rings. The number of nitrogens with zero attached hydrogens (tertiary/aromatic N) is 1. The van der Waals surface area contributed by atoms with Crippen molar-refractivity contribution in [3.63, 3.8) is 0 Å². The Morgan fingerprint density at radius 1 is 1.04 bits per heavy atom. The highest BCUT2D eigenvalue weighted by Crippen LogP contribution is 2.11. The highest BCUT2D eigenvalue weighted by atomic mass is 16.6. The van der Waals surface area contributed by atoms with Gasteiger partial charge in [0.2, 0.25) is 0 Å². The lowest BCUT2D eigenvalue weighted by atomic mass is 10.3. The van der Waals surface area contributed by atoms with E-state index in [0.717, 1.165) is 0 Å². The van der Waals surface area contributed by atoms with Crippen molar-refractivity contribution in [1.29, 1.82) is 0 Å². The maximum atomic E-state index is 11.2. The molecule has 0 saturated heterocycles. The molecule has 138 valence electrons. The molecule has 6 heteroatoms. The van der Waals surface area contributed by atoms with Crippen LogP contribution in [0.5, 0.6) is 5.75 Å². The molecule has 1 rings (SSSR count). The number of ketones is 1. The number of aromatic nitrogens is 1. The highest BCUT2D eigenvalue weighted by molar-refractivity contribution is 5.92. The van der Waals surface area contributed by atoms with Gasteiger partial charge in [-0.05, 0) is 19.9 Å². The predicted molar refractivity (Wildman–Crippen MR) is 93.8 cm³/mol. The Kier molecular flexibility index (Phi) is 14.1. The normalized spacial score (nSPS) is 10.2. The average molecular weight is 341 g/mol. The van der Waals surface area contributed by atoms with Crippen LogP contribution in [-0.2, 0) is 14.2 Å². The Labute approximate surface area is 145 Å². The summed E-state index contributed by atoms with van der Waals surface area (Å²) in [7, 11) is 0. The van der Waals surface area contributed by atoms with Gasteiger partial charge in [0.05, 0.1) is 39.1 Å². The maximum absolute atomic E-state index is 11.2. The summed E-state index contributed by atoms with van der Waals surface area (Å²) in [6.45, 7) is 12.6. The molecule has 0 N–H and O–H groups in total. The van der Waals surface area contributed by atoms with Gasteiger partial charge in [-0.15, -0.1) is 0 Å². The van der Waals surface area contributed by atoms with Gasteiger partial charge in [-0.1, -0.05) is 13.8 Å². The number of carbonyl (C=O) groups excluding carboxylic acids is 1. The van der Waals surface area contributed by atoms with Crippen molar-refractivity contribution in [1.82, 2.24) is 4.98 Å². The Morgan fingerprint density at radius 3 is 2.21 bits per heavy atom. The number of carbonyl (C=O) groups is 1. The number of rotatable bonds is 12. The number of ether oxygens (including phenoxy) is 4. The standard InChI is InChI=1S/C16H25NO5.C2H6/c1-13(2)21-10-8-19-6-7-20-9-11-22-15-4-5-17-16(12-15)14(3)18;1-2/h4-5,12-13H,6-11H2,1-3H3;1-2H3. The second-order valence-electron chi connectivity index (χ2n) is 4.93. The highest BCUT2D eigenvalue weighted by Gasteiger charge is 2.02. The SMILES string of the molecule is CC.CC(=O)c1cc(OCCOCCOCCOC(C)C)ccn1. The smallest absolute Gasteiger partial charge is 0.178 e. The van der Waals surface area contributed by atoms with Crippen molar-refractivity contribution in [3.05, 3.63) is 24.0 Å². The van der Waals surface area contributed by atoms with Crippen LogP contribution in [0.1, 0.15) is 45.1 Å². The predicted octanol–water partition coefficient (Wildman–Crippen LogP) is 3.15. The van der Waals surface area contributed by atoms with Crippen LogP contribution in [0.25, 0.3) is 0 Å². The van der Waals surface area contributed by atoms with Gasteiger partial charge in [0, 0.05) is 19.2 Å². The zero-order valence-corrected chi connectivity index (χ0v) is 15.5. The van der Waals surface area contributed by atoms with Crippen LogP contribution >= 0.6 is 0 Å². The monoisotopic (exact) mass is 341 g/mol. The molecule has 1 aromatic heterocycles. The Hall–Kier alpha value is -1.50. The van der Waals surface area contributed by atoms with Gasteiger partial charge in [-0.2, -0.15) is 0 Å². The van der Waals surface area contributed by atoms with E-state index in [0.29, 0.717) is 51.1 Å². The summed E-state index contributed by atoms with van der Waals surface area (Å²) in [4.78, 5) is 15.1. The van der Waals surface area contributed by atoms with Crippen molar-refractivity contribution in [2.45, 2.75) is 40.7 Å². The van der Waals surface area contributed by atoms with E-state index in [9.17, 15) is 4.79 Å². The van der Waals surface area contributed by atoms with E-state index in [-0.39, 0.29) is 11.9 Å². The van der Waals surface area contributed by atoms with Crippen molar-refractivity contribution < 1.29 is 23.7 Å². The van der Waals surface area contributed by atoms with Gasteiger partial charge in [-0.3, -0.25) is 9.78 Å². The fraction of sp³-hybridized carbons (Fsp3) is 0.667. The lowest BCUT2D eigenvalue weighted by molar-refractivity contribution is -0.00466. The molecular weight excluding hydrogens is 310 g/mol. The van der Waals surface area contributed by atoms with Crippen LogP contribution in [0.3, 0.4) is 0 Å². The summed E-state index contributed by atoms with van der Waals surface area (Å²) in [6.07, 6.45) is 1.79. The minimum absolute atomic E-state index is 0.0831. The molecule has 0 bridgehead atoms. The third kappa shape index (κ3) is 12.0. The molecule has 0 aliphatic carbocycles. The Bertz CT molecular complexity index is 437. The first-order valence-electron chi connectivity index (χ1n) is 8.46. The van der Waals surface area contributed by atoms with Gasteiger partial charge in [0.15, 0.2) is 5.78 Å². The van der Waals surface area contributed by atoms with Crippen LogP contribution < -0.4 is 4.74 Å². The molecule has 0 unspecified atom stereocenters. The second kappa shape index (κ2) is 15.1. The molecule has 1 aromatic rings. The first-order chi connectivity index (χ1) is 11.6. The zero-order chi connectivity index (χ0) is 18.2. The summed E-state index contributed by atoms with van der Waals surface area (Å²) in [5, 5.41) is 0. The number of hydrogen-bond acceptors (Lipinski definition) is 6. The quantitative estimate of drug-likeness (QED) is 0.430. The van der Waals surface area contributed by atoms with Crippen LogP contribution in [0.4, 0.5) is 0 Å². The van der Waals surface area contributed by atoms with Gasteiger partial charge in [0.1, 0.15) is 18.1 Å². The largest absolute Gasteiger partial charge is 0.491 e. The van der Waals surface area contributed by atoms with Crippen molar-refractivity contribution in [3.8, 4) is 5.75 Å².